The maximum absolute atomic E-state index is 11.3. The highest BCUT2D eigenvalue weighted by atomic mass is 35.5. The fourth-order valence-electron chi connectivity index (χ4n) is 1.84. The number of aliphatic carboxylic acids is 1. The van der Waals surface area contributed by atoms with E-state index in [9.17, 15) is 9.90 Å². The molecule has 2 rings (SSSR count). The molecule has 3 nitrogen and oxygen atoms in total. The molecule has 0 amide bonds. The van der Waals surface area contributed by atoms with Gasteiger partial charge in [0.1, 0.15) is 11.5 Å². The largest absolute Gasteiger partial charge is 0.481 e. The standard InChI is InChI=1S/C14H13ClO3/c1-9-2-7-12(18-9)8-13(14(16)17)10-3-5-11(15)6-4-10/h2-7,13H,8H2,1H3,(H,16,17). The van der Waals surface area contributed by atoms with Crippen LogP contribution in [0.3, 0.4) is 0 Å². The van der Waals surface area contributed by atoms with E-state index in [1.165, 1.54) is 0 Å². The first-order chi connectivity index (χ1) is 8.56. The quantitative estimate of drug-likeness (QED) is 0.917. The van der Waals surface area contributed by atoms with Crippen molar-refractivity contribution in [3.05, 3.63) is 58.5 Å². The number of furan rings is 1. The molecule has 0 spiro atoms. The molecule has 0 saturated heterocycles. The predicted octanol–water partition coefficient (Wildman–Crippen LogP) is 3.65. The number of hydrogen-bond donors (Lipinski definition) is 1. The van der Waals surface area contributed by atoms with Crippen molar-refractivity contribution in [3.8, 4) is 0 Å². The van der Waals surface area contributed by atoms with Gasteiger partial charge in [0.2, 0.25) is 0 Å². The molecule has 0 aliphatic rings. The summed E-state index contributed by atoms with van der Waals surface area (Å²) >= 11 is 5.79. The summed E-state index contributed by atoms with van der Waals surface area (Å²) in [5.74, 6) is -0.0284. The molecule has 0 fully saturated rings. The van der Waals surface area contributed by atoms with Crippen LogP contribution in [0, 0.1) is 6.92 Å². The van der Waals surface area contributed by atoms with Crippen LogP contribution in [0.2, 0.25) is 5.02 Å². The number of carboxylic acid groups (broad SMARTS) is 1. The van der Waals surface area contributed by atoms with Crippen LogP contribution in [0.25, 0.3) is 0 Å². The second-order valence-corrected chi connectivity index (χ2v) is 4.60. The molecule has 1 N–H and O–H groups in total. The van der Waals surface area contributed by atoms with Gasteiger partial charge in [0.05, 0.1) is 5.92 Å². The van der Waals surface area contributed by atoms with E-state index in [0.29, 0.717) is 17.2 Å². The first-order valence-corrected chi connectivity index (χ1v) is 5.97. The van der Waals surface area contributed by atoms with Crippen molar-refractivity contribution in [2.24, 2.45) is 0 Å². The Morgan fingerprint density at radius 2 is 1.94 bits per heavy atom. The van der Waals surface area contributed by atoms with Crippen molar-refractivity contribution in [1.29, 1.82) is 0 Å². The van der Waals surface area contributed by atoms with Gasteiger partial charge < -0.3 is 9.52 Å². The lowest BCUT2D eigenvalue weighted by molar-refractivity contribution is -0.138. The molecule has 0 saturated carbocycles. The molecule has 1 unspecified atom stereocenters. The average molecular weight is 265 g/mol. The summed E-state index contributed by atoms with van der Waals surface area (Å²) in [5.41, 5.74) is 0.723. The summed E-state index contributed by atoms with van der Waals surface area (Å²) in [7, 11) is 0. The zero-order valence-corrected chi connectivity index (χ0v) is 10.6. The molecule has 0 aliphatic heterocycles. The minimum absolute atomic E-state index is 0.338. The summed E-state index contributed by atoms with van der Waals surface area (Å²) < 4.78 is 5.42. The maximum Gasteiger partial charge on any atom is 0.311 e. The Hall–Kier alpha value is -1.74. The zero-order valence-electron chi connectivity index (χ0n) is 9.89. The van der Waals surface area contributed by atoms with E-state index in [1.54, 1.807) is 30.3 Å². The Morgan fingerprint density at radius 3 is 2.44 bits per heavy atom. The lowest BCUT2D eigenvalue weighted by Crippen LogP contribution is -2.14. The molecule has 4 heteroatoms. The van der Waals surface area contributed by atoms with Gasteiger partial charge in [-0.25, -0.2) is 0 Å². The highest BCUT2D eigenvalue weighted by molar-refractivity contribution is 6.30. The number of carboxylic acids is 1. The smallest absolute Gasteiger partial charge is 0.311 e. The fraction of sp³-hybridized carbons (Fsp3) is 0.214. The van der Waals surface area contributed by atoms with Crippen molar-refractivity contribution in [2.45, 2.75) is 19.3 Å². The molecule has 0 bridgehead atoms. The van der Waals surface area contributed by atoms with E-state index in [1.807, 2.05) is 13.0 Å². The molecule has 94 valence electrons. The Morgan fingerprint density at radius 1 is 1.28 bits per heavy atom. The van der Waals surface area contributed by atoms with E-state index in [2.05, 4.69) is 0 Å². The summed E-state index contributed by atoms with van der Waals surface area (Å²) in [4.78, 5) is 11.3. The summed E-state index contributed by atoms with van der Waals surface area (Å²) in [6, 6.07) is 10.5. The molecule has 1 atom stereocenters. The monoisotopic (exact) mass is 264 g/mol. The van der Waals surface area contributed by atoms with E-state index >= 15 is 0 Å². The SMILES string of the molecule is Cc1ccc(CC(C(=O)O)c2ccc(Cl)cc2)o1. The van der Waals surface area contributed by atoms with Crippen LogP contribution >= 0.6 is 11.6 Å². The van der Waals surface area contributed by atoms with Crippen molar-refractivity contribution in [1.82, 2.24) is 0 Å². The van der Waals surface area contributed by atoms with Crippen LogP contribution in [0.15, 0.2) is 40.8 Å². The highest BCUT2D eigenvalue weighted by Gasteiger charge is 2.21. The van der Waals surface area contributed by atoms with Gasteiger partial charge in [0, 0.05) is 11.4 Å². The fourth-order valence-corrected chi connectivity index (χ4v) is 1.96. The van der Waals surface area contributed by atoms with Crippen LogP contribution in [0.5, 0.6) is 0 Å². The van der Waals surface area contributed by atoms with Crippen molar-refractivity contribution < 1.29 is 14.3 Å². The number of hydrogen-bond acceptors (Lipinski definition) is 2. The Labute approximate surface area is 110 Å². The Balaban J connectivity index is 2.23. The van der Waals surface area contributed by atoms with Gasteiger partial charge in [-0.15, -0.1) is 0 Å². The first-order valence-electron chi connectivity index (χ1n) is 5.60. The summed E-state index contributed by atoms with van der Waals surface area (Å²) in [6.45, 7) is 1.83. The Kier molecular flexibility index (Phi) is 3.72. The maximum atomic E-state index is 11.3. The van der Waals surface area contributed by atoms with Gasteiger partial charge in [-0.05, 0) is 36.8 Å². The third-order valence-electron chi connectivity index (χ3n) is 2.77. The molecule has 0 radical (unpaired) electrons. The molecular weight excluding hydrogens is 252 g/mol. The van der Waals surface area contributed by atoms with Gasteiger partial charge in [0.25, 0.3) is 0 Å². The molecule has 1 aromatic heterocycles. The molecule has 0 aliphatic carbocycles. The molecule has 1 aromatic carbocycles. The average Bonchev–Trinajstić information content (AvgIpc) is 2.73. The molecule has 1 heterocycles. The highest BCUT2D eigenvalue weighted by Crippen LogP contribution is 2.24. The molecular formula is C14H13ClO3. The molecule has 2 aromatic rings. The van der Waals surface area contributed by atoms with Gasteiger partial charge in [-0.2, -0.15) is 0 Å². The van der Waals surface area contributed by atoms with Crippen molar-refractivity contribution in [2.75, 3.05) is 0 Å². The van der Waals surface area contributed by atoms with E-state index < -0.39 is 11.9 Å². The topological polar surface area (TPSA) is 50.4 Å². The van der Waals surface area contributed by atoms with E-state index in [-0.39, 0.29) is 0 Å². The second-order valence-electron chi connectivity index (χ2n) is 4.16. The zero-order chi connectivity index (χ0) is 13.1. The second kappa shape index (κ2) is 5.27. The number of aryl methyl sites for hydroxylation is 1. The van der Waals surface area contributed by atoms with Crippen LogP contribution in [-0.2, 0) is 11.2 Å². The van der Waals surface area contributed by atoms with Gasteiger partial charge in [0.15, 0.2) is 0 Å². The summed E-state index contributed by atoms with van der Waals surface area (Å²) in [5, 5.41) is 9.88. The number of benzene rings is 1. The van der Waals surface area contributed by atoms with Crippen LogP contribution in [0.1, 0.15) is 23.0 Å². The third-order valence-corrected chi connectivity index (χ3v) is 3.02. The first kappa shape index (κ1) is 12.7. The molecule has 18 heavy (non-hydrogen) atoms. The number of carbonyl (C=O) groups is 1. The lowest BCUT2D eigenvalue weighted by atomic mass is 9.95. The predicted molar refractivity (Wildman–Crippen MR) is 69.0 cm³/mol. The van der Waals surface area contributed by atoms with Gasteiger partial charge in [-0.3, -0.25) is 4.79 Å². The number of halogens is 1. The Bertz CT molecular complexity index is 542. The number of rotatable bonds is 4. The van der Waals surface area contributed by atoms with E-state index in [4.69, 9.17) is 16.0 Å². The summed E-state index contributed by atoms with van der Waals surface area (Å²) in [6.07, 6.45) is 0.338. The lowest BCUT2D eigenvalue weighted by Gasteiger charge is -2.11. The van der Waals surface area contributed by atoms with Crippen molar-refractivity contribution >= 4 is 17.6 Å². The van der Waals surface area contributed by atoms with Crippen LogP contribution < -0.4 is 0 Å². The minimum Gasteiger partial charge on any atom is -0.481 e. The van der Waals surface area contributed by atoms with Crippen LogP contribution in [0.4, 0.5) is 0 Å². The van der Waals surface area contributed by atoms with Gasteiger partial charge in [-0.1, -0.05) is 23.7 Å². The van der Waals surface area contributed by atoms with E-state index in [0.717, 1.165) is 11.3 Å². The third kappa shape index (κ3) is 2.93. The van der Waals surface area contributed by atoms with Gasteiger partial charge >= 0.3 is 5.97 Å². The normalized spacial score (nSPS) is 12.3. The van der Waals surface area contributed by atoms with Crippen LogP contribution in [-0.4, -0.2) is 11.1 Å². The minimum atomic E-state index is -0.869. The van der Waals surface area contributed by atoms with Crippen molar-refractivity contribution in [3.63, 3.8) is 0 Å².